The van der Waals surface area contributed by atoms with Crippen LogP contribution >= 0.6 is 11.6 Å². The molecule has 1 N–H and O–H groups in total. The Morgan fingerprint density at radius 3 is 3.00 bits per heavy atom. The molecule has 1 aromatic carbocycles. The van der Waals surface area contributed by atoms with E-state index < -0.39 is 0 Å². The maximum absolute atomic E-state index is 6.11. The van der Waals surface area contributed by atoms with Gasteiger partial charge in [-0.25, -0.2) is 0 Å². The van der Waals surface area contributed by atoms with Gasteiger partial charge in [0.15, 0.2) is 0 Å². The molecule has 1 aromatic rings. The van der Waals surface area contributed by atoms with Crippen molar-refractivity contribution >= 4 is 11.6 Å². The van der Waals surface area contributed by atoms with Crippen molar-refractivity contribution in [2.45, 2.75) is 25.8 Å². The molecule has 1 aliphatic heterocycles. The quantitative estimate of drug-likeness (QED) is 0.836. The maximum atomic E-state index is 6.11. The van der Waals surface area contributed by atoms with Gasteiger partial charge in [0.1, 0.15) is 5.75 Å². The minimum atomic E-state index is 0.444. The molecule has 3 heteroatoms. The smallest absolute Gasteiger partial charge is 0.141 e. The third kappa shape index (κ3) is 1.84. The second kappa shape index (κ2) is 4.42. The zero-order chi connectivity index (χ0) is 10.8. The van der Waals surface area contributed by atoms with Gasteiger partial charge >= 0.3 is 0 Å². The van der Waals surface area contributed by atoms with Gasteiger partial charge in [0.05, 0.1) is 12.1 Å². The number of hydrogen-bond acceptors (Lipinski definition) is 2. The van der Waals surface area contributed by atoms with Crippen LogP contribution in [0.1, 0.15) is 30.5 Å². The first kappa shape index (κ1) is 10.8. The highest BCUT2D eigenvalue weighted by molar-refractivity contribution is 6.32. The number of ether oxygens (including phenoxy) is 1. The number of halogens is 1. The molecular formula is C12H16ClNO. The van der Waals surface area contributed by atoms with Crippen LogP contribution in [0, 0.1) is 0 Å². The molecular weight excluding hydrogens is 210 g/mol. The van der Waals surface area contributed by atoms with Crippen LogP contribution in [0.3, 0.4) is 0 Å². The molecule has 2 rings (SSSR count). The van der Waals surface area contributed by atoms with Crippen LogP contribution in [-0.4, -0.2) is 13.7 Å². The van der Waals surface area contributed by atoms with Crippen LogP contribution in [0.2, 0.25) is 5.02 Å². The summed E-state index contributed by atoms with van der Waals surface area (Å²) in [5.41, 5.74) is 2.61. The van der Waals surface area contributed by atoms with Crippen molar-refractivity contribution in [3.8, 4) is 5.75 Å². The van der Waals surface area contributed by atoms with E-state index in [0.717, 1.165) is 25.1 Å². The molecule has 0 bridgehead atoms. The van der Waals surface area contributed by atoms with Crippen molar-refractivity contribution in [2.75, 3.05) is 13.7 Å². The molecule has 82 valence electrons. The Hall–Kier alpha value is -0.730. The molecule has 2 nitrogen and oxygen atoms in total. The second-order valence-electron chi connectivity index (χ2n) is 3.81. The number of nitrogens with one attached hydrogen (secondary N) is 1. The average molecular weight is 226 g/mol. The van der Waals surface area contributed by atoms with E-state index in [1.165, 1.54) is 11.1 Å². The number of rotatable bonds is 2. The van der Waals surface area contributed by atoms with Gasteiger partial charge in [-0.1, -0.05) is 24.6 Å². The monoisotopic (exact) mass is 225 g/mol. The molecule has 1 unspecified atom stereocenters. The molecule has 1 atom stereocenters. The SMILES string of the molecule is CCC1NCCc2c1ccc(Cl)c2OC. The molecule has 0 spiro atoms. The molecule has 0 fully saturated rings. The predicted molar refractivity (Wildman–Crippen MR) is 62.7 cm³/mol. The van der Waals surface area contributed by atoms with Gasteiger partial charge in [-0.15, -0.1) is 0 Å². The largest absolute Gasteiger partial charge is 0.495 e. The van der Waals surface area contributed by atoms with E-state index >= 15 is 0 Å². The summed E-state index contributed by atoms with van der Waals surface area (Å²) in [6.45, 7) is 3.19. The zero-order valence-corrected chi connectivity index (χ0v) is 9.90. The van der Waals surface area contributed by atoms with Gasteiger partial charge in [-0.05, 0) is 31.0 Å². The van der Waals surface area contributed by atoms with E-state index in [1.807, 2.05) is 6.07 Å². The zero-order valence-electron chi connectivity index (χ0n) is 9.14. The van der Waals surface area contributed by atoms with E-state index in [2.05, 4.69) is 18.3 Å². The molecule has 0 aromatic heterocycles. The van der Waals surface area contributed by atoms with E-state index in [1.54, 1.807) is 7.11 Å². The molecule has 15 heavy (non-hydrogen) atoms. The van der Waals surface area contributed by atoms with Gasteiger partial charge in [0.2, 0.25) is 0 Å². The number of hydrogen-bond donors (Lipinski definition) is 1. The Morgan fingerprint density at radius 2 is 2.33 bits per heavy atom. The maximum Gasteiger partial charge on any atom is 0.141 e. The fraction of sp³-hybridized carbons (Fsp3) is 0.500. The molecule has 1 heterocycles. The Kier molecular flexibility index (Phi) is 3.17. The van der Waals surface area contributed by atoms with Crippen molar-refractivity contribution in [1.82, 2.24) is 5.32 Å². The van der Waals surface area contributed by atoms with Crippen molar-refractivity contribution in [1.29, 1.82) is 0 Å². The van der Waals surface area contributed by atoms with Gasteiger partial charge in [0, 0.05) is 11.6 Å². The highest BCUT2D eigenvalue weighted by atomic mass is 35.5. The summed E-state index contributed by atoms with van der Waals surface area (Å²) in [6, 6.07) is 4.48. The van der Waals surface area contributed by atoms with E-state index in [-0.39, 0.29) is 0 Å². The summed E-state index contributed by atoms with van der Waals surface area (Å²) in [6.07, 6.45) is 2.09. The number of benzene rings is 1. The van der Waals surface area contributed by atoms with Crippen molar-refractivity contribution in [2.24, 2.45) is 0 Å². The lowest BCUT2D eigenvalue weighted by molar-refractivity contribution is 0.399. The first-order chi connectivity index (χ1) is 7.27. The van der Waals surface area contributed by atoms with Gasteiger partial charge in [0.25, 0.3) is 0 Å². The van der Waals surface area contributed by atoms with Crippen molar-refractivity contribution in [3.63, 3.8) is 0 Å². The van der Waals surface area contributed by atoms with Crippen molar-refractivity contribution < 1.29 is 4.74 Å². The first-order valence-corrected chi connectivity index (χ1v) is 5.74. The summed E-state index contributed by atoms with van der Waals surface area (Å²) in [5, 5.41) is 4.21. The summed E-state index contributed by atoms with van der Waals surface area (Å²) in [5.74, 6) is 0.856. The van der Waals surface area contributed by atoms with E-state index in [0.29, 0.717) is 11.1 Å². The highest BCUT2D eigenvalue weighted by Gasteiger charge is 2.22. The van der Waals surface area contributed by atoms with Crippen LogP contribution in [0.4, 0.5) is 0 Å². The lowest BCUT2D eigenvalue weighted by Gasteiger charge is -2.27. The molecule has 0 saturated heterocycles. The van der Waals surface area contributed by atoms with E-state index in [9.17, 15) is 0 Å². The minimum absolute atomic E-state index is 0.444. The van der Waals surface area contributed by atoms with E-state index in [4.69, 9.17) is 16.3 Å². The summed E-state index contributed by atoms with van der Waals surface area (Å²) >= 11 is 6.11. The molecule has 0 amide bonds. The fourth-order valence-corrected chi connectivity index (χ4v) is 2.52. The third-order valence-electron chi connectivity index (χ3n) is 3.00. The number of methoxy groups -OCH3 is 1. The van der Waals surface area contributed by atoms with Gasteiger partial charge in [-0.3, -0.25) is 0 Å². The third-order valence-corrected chi connectivity index (χ3v) is 3.30. The van der Waals surface area contributed by atoms with Gasteiger partial charge < -0.3 is 10.1 Å². The molecule has 0 aliphatic carbocycles. The second-order valence-corrected chi connectivity index (χ2v) is 4.22. The van der Waals surface area contributed by atoms with Gasteiger partial charge in [-0.2, -0.15) is 0 Å². The van der Waals surface area contributed by atoms with Crippen LogP contribution in [0.15, 0.2) is 12.1 Å². The Labute approximate surface area is 95.6 Å². The topological polar surface area (TPSA) is 21.3 Å². The molecule has 0 saturated carbocycles. The number of fused-ring (bicyclic) bond motifs is 1. The highest BCUT2D eigenvalue weighted by Crippen LogP contribution is 2.36. The van der Waals surface area contributed by atoms with Crippen LogP contribution in [0.5, 0.6) is 5.75 Å². The van der Waals surface area contributed by atoms with Crippen molar-refractivity contribution in [3.05, 3.63) is 28.3 Å². The summed E-state index contributed by atoms with van der Waals surface area (Å²) < 4.78 is 5.38. The Balaban J connectivity index is 2.51. The minimum Gasteiger partial charge on any atom is -0.495 e. The lowest BCUT2D eigenvalue weighted by Crippen LogP contribution is -2.29. The average Bonchev–Trinajstić information content (AvgIpc) is 2.28. The predicted octanol–water partition coefficient (Wildman–Crippen LogP) is 2.95. The summed E-state index contributed by atoms with van der Waals surface area (Å²) in [4.78, 5) is 0. The molecule has 0 radical (unpaired) electrons. The normalized spacial score (nSPS) is 19.8. The Bertz CT molecular complexity index is 365. The fourth-order valence-electron chi connectivity index (χ4n) is 2.27. The molecule has 1 aliphatic rings. The first-order valence-electron chi connectivity index (χ1n) is 5.36. The Morgan fingerprint density at radius 1 is 1.53 bits per heavy atom. The van der Waals surface area contributed by atoms with Crippen LogP contribution in [0.25, 0.3) is 0 Å². The summed E-state index contributed by atoms with van der Waals surface area (Å²) in [7, 11) is 1.68. The standard InChI is InChI=1S/C12H16ClNO/c1-3-11-8-4-5-10(13)12(15-2)9(8)6-7-14-11/h4-5,11,14H,3,6-7H2,1-2H3. The lowest BCUT2D eigenvalue weighted by atomic mass is 9.92. The van der Waals surface area contributed by atoms with Crippen LogP contribution in [-0.2, 0) is 6.42 Å². The van der Waals surface area contributed by atoms with Crippen LogP contribution < -0.4 is 10.1 Å².